The first-order valence-electron chi connectivity index (χ1n) is 4.73. The highest BCUT2D eigenvalue weighted by Crippen LogP contribution is 2.33. The van der Waals surface area contributed by atoms with Gasteiger partial charge in [-0.3, -0.25) is 0 Å². The van der Waals surface area contributed by atoms with Crippen molar-refractivity contribution in [3.8, 4) is 11.5 Å². The summed E-state index contributed by atoms with van der Waals surface area (Å²) in [5, 5.41) is 11.0. The third-order valence-corrected chi connectivity index (χ3v) is 2.60. The first-order chi connectivity index (χ1) is 7.92. The van der Waals surface area contributed by atoms with Gasteiger partial charge < -0.3 is 14.8 Å². The summed E-state index contributed by atoms with van der Waals surface area (Å²) in [6.45, 7) is 1.18. The molecule has 0 atom stereocenters. The van der Waals surface area contributed by atoms with E-state index in [-0.39, 0.29) is 0 Å². The Morgan fingerprint density at radius 3 is 2.88 bits per heavy atom. The maximum atomic E-state index is 5.47. The van der Waals surface area contributed by atoms with Gasteiger partial charge in [-0.15, -0.1) is 0 Å². The van der Waals surface area contributed by atoms with Crippen LogP contribution < -0.4 is 14.8 Å². The summed E-state index contributed by atoms with van der Waals surface area (Å²) < 4.78 is 14.6. The summed E-state index contributed by atoms with van der Waals surface area (Å²) in [5.41, 5.74) is 0.878. The van der Waals surface area contributed by atoms with E-state index >= 15 is 0 Å². The molecule has 0 spiro atoms. The van der Waals surface area contributed by atoms with E-state index in [9.17, 15) is 0 Å². The van der Waals surface area contributed by atoms with Gasteiger partial charge in [0.25, 0.3) is 0 Å². The van der Waals surface area contributed by atoms with E-state index in [4.69, 9.17) is 9.47 Å². The van der Waals surface area contributed by atoms with Crippen molar-refractivity contribution >= 4 is 22.4 Å². The number of benzene rings is 1. The Balaban J connectivity index is 1.86. The number of nitrogens with zero attached hydrogens (tertiary/aromatic N) is 3. The van der Waals surface area contributed by atoms with Crippen molar-refractivity contribution < 1.29 is 9.47 Å². The van der Waals surface area contributed by atoms with Crippen LogP contribution >= 0.6 is 11.5 Å². The van der Waals surface area contributed by atoms with Crippen molar-refractivity contribution in [3.63, 3.8) is 0 Å². The molecule has 16 heavy (non-hydrogen) atoms. The highest BCUT2D eigenvalue weighted by atomic mass is 32.1. The van der Waals surface area contributed by atoms with Crippen molar-refractivity contribution in [3.05, 3.63) is 18.2 Å². The second-order valence-corrected chi connectivity index (χ2v) is 3.88. The van der Waals surface area contributed by atoms with E-state index in [0.717, 1.165) is 17.2 Å². The lowest BCUT2D eigenvalue weighted by atomic mass is 10.2. The largest absolute Gasteiger partial charge is 0.486 e. The third-order valence-electron chi connectivity index (χ3n) is 2.09. The molecular weight excluding hydrogens is 228 g/mol. The van der Waals surface area contributed by atoms with Crippen LogP contribution in [0, 0.1) is 0 Å². The van der Waals surface area contributed by atoms with Crippen LogP contribution in [0.1, 0.15) is 0 Å². The van der Waals surface area contributed by atoms with Crippen LogP contribution in [-0.2, 0) is 0 Å². The molecule has 0 bridgehead atoms. The lowest BCUT2D eigenvalue weighted by Crippen LogP contribution is -2.15. The van der Waals surface area contributed by atoms with Gasteiger partial charge >= 0.3 is 0 Å². The number of nitrogens with one attached hydrogen (secondary N) is 1. The first kappa shape index (κ1) is 9.34. The zero-order valence-electron chi connectivity index (χ0n) is 8.21. The maximum Gasteiger partial charge on any atom is 0.229 e. The Hall–Kier alpha value is -1.89. The normalized spacial score (nSPS) is 13.5. The fourth-order valence-electron chi connectivity index (χ4n) is 1.43. The van der Waals surface area contributed by atoms with Crippen LogP contribution in [0.15, 0.2) is 18.2 Å². The third kappa shape index (κ3) is 1.76. The highest BCUT2D eigenvalue weighted by molar-refractivity contribution is 7.09. The van der Waals surface area contributed by atoms with E-state index in [2.05, 4.69) is 20.1 Å². The highest BCUT2D eigenvalue weighted by Gasteiger charge is 2.12. The lowest BCUT2D eigenvalue weighted by Gasteiger charge is -2.18. The molecule has 0 saturated carbocycles. The van der Waals surface area contributed by atoms with Gasteiger partial charge in [0.15, 0.2) is 11.5 Å². The molecule has 1 aliphatic rings. The number of anilines is 2. The van der Waals surface area contributed by atoms with Crippen LogP contribution in [0.2, 0.25) is 0 Å². The molecule has 7 heteroatoms. The van der Waals surface area contributed by atoms with Crippen molar-refractivity contribution in [2.24, 2.45) is 0 Å². The number of aromatic nitrogens is 3. The molecule has 0 fully saturated rings. The summed E-state index contributed by atoms with van der Waals surface area (Å²) in [4.78, 5) is 0. The summed E-state index contributed by atoms with van der Waals surface area (Å²) in [7, 11) is 0. The SMILES string of the molecule is c1cc2c(cc1Nc1nnns1)OCCO2. The average Bonchev–Trinajstić information content (AvgIpc) is 2.82. The summed E-state index contributed by atoms with van der Waals surface area (Å²) >= 11 is 1.20. The van der Waals surface area contributed by atoms with Gasteiger partial charge in [-0.2, -0.15) is 0 Å². The van der Waals surface area contributed by atoms with E-state index in [1.54, 1.807) is 0 Å². The van der Waals surface area contributed by atoms with Gasteiger partial charge in [-0.1, -0.05) is 9.59 Å². The molecule has 0 unspecified atom stereocenters. The Kier molecular flexibility index (Phi) is 2.30. The Morgan fingerprint density at radius 2 is 2.06 bits per heavy atom. The number of ether oxygens (including phenoxy) is 2. The second kappa shape index (κ2) is 3.93. The van der Waals surface area contributed by atoms with Crippen LogP contribution in [0.25, 0.3) is 0 Å². The summed E-state index contributed by atoms with van der Waals surface area (Å²) in [6.07, 6.45) is 0. The lowest BCUT2D eigenvalue weighted by molar-refractivity contribution is 0.171. The zero-order chi connectivity index (χ0) is 10.8. The first-order valence-corrected chi connectivity index (χ1v) is 5.51. The number of rotatable bonds is 2. The second-order valence-electron chi connectivity index (χ2n) is 3.15. The molecule has 1 aromatic carbocycles. The predicted molar refractivity (Wildman–Crippen MR) is 58.4 cm³/mol. The summed E-state index contributed by atoms with van der Waals surface area (Å²) in [6, 6.07) is 5.64. The van der Waals surface area contributed by atoms with Crippen molar-refractivity contribution in [1.82, 2.24) is 14.8 Å². The molecule has 2 heterocycles. The minimum absolute atomic E-state index is 0.580. The Labute approximate surface area is 95.4 Å². The number of hydrogen-bond acceptors (Lipinski definition) is 7. The Bertz CT molecular complexity index is 488. The molecule has 1 aliphatic heterocycles. The molecule has 1 N–H and O–H groups in total. The molecule has 0 aliphatic carbocycles. The molecule has 0 saturated heterocycles. The van der Waals surface area contributed by atoms with Crippen LogP contribution in [0.4, 0.5) is 10.8 Å². The zero-order valence-corrected chi connectivity index (χ0v) is 9.03. The Morgan fingerprint density at radius 1 is 1.19 bits per heavy atom. The fraction of sp³-hybridized carbons (Fsp3) is 0.222. The van der Waals surface area contributed by atoms with Gasteiger partial charge in [-0.25, -0.2) is 0 Å². The number of fused-ring (bicyclic) bond motifs is 1. The fourth-order valence-corrected chi connectivity index (χ4v) is 1.81. The molecule has 6 nitrogen and oxygen atoms in total. The van der Waals surface area contributed by atoms with Crippen molar-refractivity contribution in [1.29, 1.82) is 0 Å². The van der Waals surface area contributed by atoms with E-state index in [1.807, 2.05) is 18.2 Å². The van der Waals surface area contributed by atoms with Gasteiger partial charge in [-0.05, 0) is 17.3 Å². The monoisotopic (exact) mass is 236 g/mol. The van der Waals surface area contributed by atoms with Crippen molar-refractivity contribution in [2.75, 3.05) is 18.5 Å². The molecule has 0 radical (unpaired) electrons. The van der Waals surface area contributed by atoms with Gasteiger partial charge in [0.1, 0.15) is 13.2 Å². The van der Waals surface area contributed by atoms with E-state index < -0.39 is 0 Å². The minimum atomic E-state index is 0.580. The van der Waals surface area contributed by atoms with Crippen LogP contribution in [-0.4, -0.2) is 28.0 Å². The average molecular weight is 236 g/mol. The van der Waals surface area contributed by atoms with Gasteiger partial charge in [0, 0.05) is 23.3 Å². The van der Waals surface area contributed by atoms with E-state index in [0.29, 0.717) is 18.3 Å². The molecule has 82 valence electrons. The predicted octanol–water partition coefficient (Wildman–Crippen LogP) is 1.45. The minimum Gasteiger partial charge on any atom is -0.486 e. The quantitative estimate of drug-likeness (QED) is 0.851. The van der Waals surface area contributed by atoms with E-state index in [1.165, 1.54) is 11.5 Å². The molecular formula is C9H8N4O2S. The van der Waals surface area contributed by atoms with Crippen LogP contribution in [0.3, 0.4) is 0 Å². The molecule has 1 aromatic heterocycles. The van der Waals surface area contributed by atoms with Crippen molar-refractivity contribution in [2.45, 2.75) is 0 Å². The van der Waals surface area contributed by atoms with Gasteiger partial charge in [0.2, 0.25) is 5.13 Å². The standard InChI is InChI=1S/C9H8N4O2S/c1-2-7-8(15-4-3-14-7)5-6(1)10-9-11-12-13-16-9/h1-2,5H,3-4H2,(H,10,11,13). The maximum absolute atomic E-state index is 5.47. The number of hydrogen-bond donors (Lipinski definition) is 1. The molecule has 3 rings (SSSR count). The van der Waals surface area contributed by atoms with Crippen LogP contribution in [0.5, 0.6) is 11.5 Å². The van der Waals surface area contributed by atoms with Gasteiger partial charge in [0.05, 0.1) is 0 Å². The summed E-state index contributed by atoms with van der Waals surface area (Å²) in [5.74, 6) is 1.51. The topological polar surface area (TPSA) is 69.2 Å². The smallest absolute Gasteiger partial charge is 0.229 e. The molecule has 0 amide bonds. The molecule has 2 aromatic rings.